The van der Waals surface area contributed by atoms with Crippen molar-refractivity contribution in [1.29, 1.82) is 0 Å². The smallest absolute Gasteiger partial charge is 0.151 e. The molecule has 0 radical (unpaired) electrons. The molecule has 5 heteroatoms. The van der Waals surface area contributed by atoms with Crippen LogP contribution < -0.4 is 0 Å². The van der Waals surface area contributed by atoms with Gasteiger partial charge < -0.3 is 0 Å². The number of nitrogens with zero attached hydrogens (tertiary/aromatic N) is 4. The first-order valence-corrected chi connectivity index (χ1v) is 7.50. The van der Waals surface area contributed by atoms with Gasteiger partial charge in [-0.2, -0.15) is 0 Å². The standard InChI is InChI=1S/C16H12N4S/c1-11-18-15(20-8-7-17-10-20)14-13(9-21-16(14)19-11)12-5-3-2-4-6-12/h2-10H,1H3. The van der Waals surface area contributed by atoms with Gasteiger partial charge in [0.15, 0.2) is 5.82 Å². The van der Waals surface area contributed by atoms with Gasteiger partial charge in [0, 0.05) is 23.3 Å². The van der Waals surface area contributed by atoms with E-state index in [-0.39, 0.29) is 0 Å². The lowest BCUT2D eigenvalue weighted by atomic mass is 10.1. The summed E-state index contributed by atoms with van der Waals surface area (Å²) in [5.74, 6) is 1.66. The van der Waals surface area contributed by atoms with Crippen LogP contribution in [0.4, 0.5) is 0 Å². The zero-order chi connectivity index (χ0) is 14.2. The van der Waals surface area contributed by atoms with Crippen molar-refractivity contribution in [1.82, 2.24) is 19.5 Å². The number of benzene rings is 1. The summed E-state index contributed by atoms with van der Waals surface area (Å²) in [6.45, 7) is 1.92. The fraction of sp³-hybridized carbons (Fsp3) is 0.0625. The van der Waals surface area contributed by atoms with E-state index in [1.165, 1.54) is 11.1 Å². The Labute approximate surface area is 125 Å². The molecule has 0 saturated carbocycles. The summed E-state index contributed by atoms with van der Waals surface area (Å²) < 4.78 is 1.94. The molecule has 4 aromatic rings. The van der Waals surface area contributed by atoms with Crippen molar-refractivity contribution in [3.63, 3.8) is 0 Å². The number of aromatic nitrogens is 4. The number of fused-ring (bicyclic) bond motifs is 1. The number of rotatable bonds is 2. The maximum atomic E-state index is 4.62. The summed E-state index contributed by atoms with van der Waals surface area (Å²) in [5.41, 5.74) is 2.34. The van der Waals surface area contributed by atoms with Gasteiger partial charge in [0.1, 0.15) is 17.0 Å². The van der Waals surface area contributed by atoms with Crippen LogP contribution in [0.25, 0.3) is 27.2 Å². The Morgan fingerprint density at radius 3 is 2.71 bits per heavy atom. The van der Waals surface area contributed by atoms with E-state index in [1.54, 1.807) is 23.9 Å². The number of hydrogen-bond donors (Lipinski definition) is 0. The van der Waals surface area contributed by atoms with Gasteiger partial charge in [-0.15, -0.1) is 11.3 Å². The summed E-state index contributed by atoms with van der Waals surface area (Å²) in [7, 11) is 0. The first-order chi connectivity index (χ1) is 10.3. The van der Waals surface area contributed by atoms with Crippen LogP contribution in [0.3, 0.4) is 0 Å². The second-order valence-electron chi connectivity index (χ2n) is 4.76. The third kappa shape index (κ3) is 2.02. The number of aryl methyl sites for hydroxylation is 1. The number of thiophene rings is 1. The lowest BCUT2D eigenvalue weighted by molar-refractivity contribution is 0.965. The highest BCUT2D eigenvalue weighted by atomic mass is 32.1. The van der Waals surface area contributed by atoms with Gasteiger partial charge in [-0.1, -0.05) is 30.3 Å². The fourth-order valence-electron chi connectivity index (χ4n) is 2.43. The van der Waals surface area contributed by atoms with Crippen LogP contribution in [0, 0.1) is 6.92 Å². The highest BCUT2D eigenvalue weighted by Gasteiger charge is 2.15. The minimum atomic E-state index is 0.771. The van der Waals surface area contributed by atoms with E-state index in [9.17, 15) is 0 Å². The van der Waals surface area contributed by atoms with E-state index < -0.39 is 0 Å². The van der Waals surface area contributed by atoms with Crippen molar-refractivity contribution in [2.24, 2.45) is 0 Å². The van der Waals surface area contributed by atoms with E-state index in [0.29, 0.717) is 0 Å². The van der Waals surface area contributed by atoms with Crippen LogP contribution in [0.2, 0.25) is 0 Å². The van der Waals surface area contributed by atoms with Gasteiger partial charge in [0.05, 0.1) is 5.39 Å². The van der Waals surface area contributed by atoms with E-state index >= 15 is 0 Å². The van der Waals surface area contributed by atoms with Gasteiger partial charge >= 0.3 is 0 Å². The Morgan fingerprint density at radius 1 is 1.10 bits per heavy atom. The molecule has 1 aromatic carbocycles. The number of imidazole rings is 1. The van der Waals surface area contributed by atoms with Crippen molar-refractivity contribution in [3.8, 4) is 16.9 Å². The maximum Gasteiger partial charge on any atom is 0.151 e. The molecule has 0 aliphatic carbocycles. The Morgan fingerprint density at radius 2 is 1.95 bits per heavy atom. The van der Waals surface area contributed by atoms with Crippen LogP contribution in [-0.4, -0.2) is 19.5 Å². The van der Waals surface area contributed by atoms with E-state index in [2.05, 4.69) is 32.5 Å². The quantitative estimate of drug-likeness (QED) is 0.563. The molecule has 21 heavy (non-hydrogen) atoms. The molecule has 0 fully saturated rings. The summed E-state index contributed by atoms with van der Waals surface area (Å²) in [5, 5.41) is 3.23. The summed E-state index contributed by atoms with van der Waals surface area (Å²) in [6, 6.07) is 10.3. The molecule has 102 valence electrons. The van der Waals surface area contributed by atoms with Crippen LogP contribution in [0.5, 0.6) is 0 Å². The molecule has 3 aromatic heterocycles. The van der Waals surface area contributed by atoms with Crippen LogP contribution >= 0.6 is 11.3 Å². The third-order valence-electron chi connectivity index (χ3n) is 3.36. The molecule has 4 nitrogen and oxygen atoms in total. The molecule has 0 atom stereocenters. The second kappa shape index (κ2) is 4.79. The van der Waals surface area contributed by atoms with Crippen LogP contribution in [0.15, 0.2) is 54.4 Å². The monoisotopic (exact) mass is 292 g/mol. The van der Waals surface area contributed by atoms with Gasteiger partial charge in [-0.05, 0) is 12.5 Å². The molecular formula is C16H12N4S. The molecular weight excluding hydrogens is 280 g/mol. The average Bonchev–Trinajstić information content (AvgIpc) is 3.16. The van der Waals surface area contributed by atoms with Crippen LogP contribution in [-0.2, 0) is 0 Å². The minimum Gasteiger partial charge on any atom is -0.290 e. The molecule has 0 saturated heterocycles. The fourth-order valence-corrected chi connectivity index (χ4v) is 3.42. The predicted octanol–water partition coefficient (Wildman–Crippen LogP) is 3.85. The average molecular weight is 292 g/mol. The van der Waals surface area contributed by atoms with Crippen molar-refractivity contribution in [3.05, 3.63) is 60.3 Å². The molecule has 0 N–H and O–H groups in total. The molecule has 0 aliphatic rings. The molecule has 0 spiro atoms. The van der Waals surface area contributed by atoms with Gasteiger partial charge in [0.2, 0.25) is 0 Å². The lowest BCUT2D eigenvalue weighted by Gasteiger charge is -2.07. The molecule has 0 unspecified atom stereocenters. The molecule has 0 amide bonds. The van der Waals surface area contributed by atoms with Gasteiger partial charge in [0.25, 0.3) is 0 Å². The summed E-state index contributed by atoms with van der Waals surface area (Å²) >= 11 is 1.65. The van der Waals surface area contributed by atoms with Gasteiger partial charge in [-0.25, -0.2) is 15.0 Å². The highest BCUT2D eigenvalue weighted by Crippen LogP contribution is 2.35. The predicted molar refractivity (Wildman–Crippen MR) is 84.7 cm³/mol. The zero-order valence-electron chi connectivity index (χ0n) is 11.4. The highest BCUT2D eigenvalue weighted by molar-refractivity contribution is 7.17. The Hall–Kier alpha value is -2.53. The summed E-state index contributed by atoms with van der Waals surface area (Å²) in [6.07, 6.45) is 5.44. The Kier molecular flexibility index (Phi) is 2.79. The third-order valence-corrected chi connectivity index (χ3v) is 4.23. The zero-order valence-corrected chi connectivity index (χ0v) is 12.2. The maximum absolute atomic E-state index is 4.62. The molecule has 3 heterocycles. The van der Waals surface area contributed by atoms with Crippen molar-refractivity contribution >= 4 is 21.6 Å². The lowest BCUT2D eigenvalue weighted by Crippen LogP contribution is -1.99. The van der Waals surface area contributed by atoms with Gasteiger partial charge in [-0.3, -0.25) is 4.57 Å². The summed E-state index contributed by atoms with van der Waals surface area (Å²) in [4.78, 5) is 14.3. The molecule has 0 bridgehead atoms. The largest absolute Gasteiger partial charge is 0.290 e. The van der Waals surface area contributed by atoms with Crippen LogP contribution in [0.1, 0.15) is 5.82 Å². The van der Waals surface area contributed by atoms with Crippen molar-refractivity contribution < 1.29 is 0 Å². The Balaban J connectivity index is 2.07. The topological polar surface area (TPSA) is 43.6 Å². The first-order valence-electron chi connectivity index (χ1n) is 6.62. The van der Waals surface area contributed by atoms with E-state index in [1.807, 2.05) is 35.9 Å². The van der Waals surface area contributed by atoms with Crippen molar-refractivity contribution in [2.75, 3.05) is 0 Å². The van der Waals surface area contributed by atoms with Crippen molar-refractivity contribution in [2.45, 2.75) is 6.92 Å². The molecule has 0 aliphatic heterocycles. The minimum absolute atomic E-state index is 0.771. The normalized spacial score (nSPS) is 11.1. The van der Waals surface area contributed by atoms with E-state index in [4.69, 9.17) is 0 Å². The second-order valence-corrected chi connectivity index (χ2v) is 5.62. The first kappa shape index (κ1) is 12.2. The molecule has 4 rings (SSSR count). The number of hydrogen-bond acceptors (Lipinski definition) is 4. The van der Waals surface area contributed by atoms with E-state index in [0.717, 1.165) is 21.9 Å². The Bertz CT molecular complexity index is 895. The SMILES string of the molecule is Cc1nc(-n2ccnc2)c2c(-c3ccccc3)csc2n1.